The summed E-state index contributed by atoms with van der Waals surface area (Å²) in [6, 6.07) is 16.7. The van der Waals surface area contributed by atoms with Crippen molar-refractivity contribution in [3.8, 4) is 5.75 Å². The lowest BCUT2D eigenvalue weighted by atomic mass is 10.2. The van der Waals surface area contributed by atoms with Gasteiger partial charge in [-0.05, 0) is 35.9 Å². The molecule has 30 heavy (non-hydrogen) atoms. The second-order valence-electron chi connectivity index (χ2n) is 6.33. The van der Waals surface area contributed by atoms with Crippen LogP contribution >= 0.6 is 11.6 Å². The highest BCUT2D eigenvalue weighted by atomic mass is 35.5. The molecule has 0 spiro atoms. The molecule has 0 saturated carbocycles. The molecule has 2 heterocycles. The van der Waals surface area contributed by atoms with Gasteiger partial charge in [-0.3, -0.25) is 10.1 Å². The quantitative estimate of drug-likeness (QED) is 0.469. The molecule has 0 atom stereocenters. The molecule has 0 bridgehead atoms. The molecule has 0 aliphatic carbocycles. The number of hydrogen-bond acceptors (Lipinski definition) is 5. The number of ether oxygens (including phenoxy) is 1. The largest absolute Gasteiger partial charge is 0.484 e. The molecule has 4 aromatic rings. The van der Waals surface area contributed by atoms with Crippen LogP contribution in [0.4, 0.5) is 10.3 Å². The van der Waals surface area contributed by atoms with Gasteiger partial charge in [0.05, 0.1) is 11.6 Å². The van der Waals surface area contributed by atoms with E-state index in [0.29, 0.717) is 18.1 Å². The lowest BCUT2D eigenvalue weighted by Gasteiger charge is -2.06. The molecule has 0 saturated heterocycles. The van der Waals surface area contributed by atoms with Gasteiger partial charge in [0.1, 0.15) is 30.3 Å². The number of furan rings is 1. The summed E-state index contributed by atoms with van der Waals surface area (Å²) in [5, 5.41) is 6.97. The molecule has 2 aromatic heterocycles. The Bertz CT molecular complexity index is 1160. The molecule has 0 fully saturated rings. The van der Waals surface area contributed by atoms with Crippen LogP contribution in [0.15, 0.2) is 71.4 Å². The molecule has 1 N–H and O–H groups in total. The Morgan fingerprint density at radius 2 is 2.00 bits per heavy atom. The molecule has 4 rings (SSSR count). The van der Waals surface area contributed by atoms with Gasteiger partial charge >= 0.3 is 0 Å². The van der Waals surface area contributed by atoms with Gasteiger partial charge in [0.25, 0.3) is 5.91 Å². The first-order valence-electron chi connectivity index (χ1n) is 8.98. The lowest BCUT2D eigenvalue weighted by molar-refractivity contribution is 0.0991. The number of halogens is 2. The zero-order valence-electron chi connectivity index (χ0n) is 15.6. The van der Waals surface area contributed by atoms with Gasteiger partial charge in [0.2, 0.25) is 5.95 Å². The minimum Gasteiger partial charge on any atom is -0.484 e. The molecular formula is C21H16ClFN4O3. The third-order valence-electron chi connectivity index (χ3n) is 4.10. The summed E-state index contributed by atoms with van der Waals surface area (Å²) in [5.74, 6) is 0.0285. The number of rotatable bonds is 7. The number of anilines is 1. The van der Waals surface area contributed by atoms with E-state index in [1.54, 1.807) is 10.7 Å². The SMILES string of the molecule is O=C(Nc1ncn(Cc2ccccc2)n1)c1ccc(COc2ccc(F)cc2Cl)o1. The number of carbonyl (C=O) groups is 1. The standard InChI is InChI=1S/C21H16ClFN4O3/c22-17-10-15(23)6-8-18(17)29-12-16-7-9-19(30-16)20(28)25-21-24-13-27(26-21)11-14-4-2-1-3-5-14/h1-10,13H,11-12H2,(H,25,26,28). The fraction of sp³-hybridized carbons (Fsp3) is 0.0952. The zero-order valence-corrected chi connectivity index (χ0v) is 16.3. The van der Waals surface area contributed by atoms with Gasteiger partial charge in [0, 0.05) is 0 Å². The number of nitrogens with one attached hydrogen (secondary N) is 1. The van der Waals surface area contributed by atoms with Crippen LogP contribution in [0.3, 0.4) is 0 Å². The highest BCUT2D eigenvalue weighted by Crippen LogP contribution is 2.26. The number of amides is 1. The smallest absolute Gasteiger partial charge is 0.293 e. The second kappa shape index (κ2) is 8.79. The van der Waals surface area contributed by atoms with Crippen LogP contribution in [0, 0.1) is 5.82 Å². The number of nitrogens with zero attached hydrogens (tertiary/aromatic N) is 3. The summed E-state index contributed by atoms with van der Waals surface area (Å²) in [4.78, 5) is 16.4. The zero-order chi connectivity index (χ0) is 20.9. The summed E-state index contributed by atoms with van der Waals surface area (Å²) < 4.78 is 25.7. The van der Waals surface area contributed by atoms with Gasteiger partial charge in [-0.2, -0.15) is 0 Å². The Morgan fingerprint density at radius 1 is 1.17 bits per heavy atom. The predicted octanol–water partition coefficient (Wildman–Crippen LogP) is 4.54. The van der Waals surface area contributed by atoms with E-state index in [4.69, 9.17) is 20.8 Å². The fourth-order valence-corrected chi connectivity index (χ4v) is 2.90. The van der Waals surface area contributed by atoms with Crippen molar-refractivity contribution in [2.24, 2.45) is 0 Å². The summed E-state index contributed by atoms with van der Waals surface area (Å²) in [6.45, 7) is 0.570. The van der Waals surface area contributed by atoms with Crippen LogP contribution in [0.2, 0.25) is 5.02 Å². The van der Waals surface area contributed by atoms with Crippen molar-refractivity contribution >= 4 is 23.5 Å². The number of benzene rings is 2. The van der Waals surface area contributed by atoms with E-state index in [1.807, 2.05) is 30.3 Å². The van der Waals surface area contributed by atoms with E-state index in [-0.39, 0.29) is 23.3 Å². The van der Waals surface area contributed by atoms with E-state index in [9.17, 15) is 9.18 Å². The van der Waals surface area contributed by atoms with E-state index in [1.165, 1.54) is 24.5 Å². The first kappa shape index (κ1) is 19.7. The summed E-state index contributed by atoms with van der Waals surface area (Å²) >= 11 is 5.92. The Balaban J connectivity index is 1.34. The molecular weight excluding hydrogens is 411 g/mol. The van der Waals surface area contributed by atoms with Crippen molar-refractivity contribution < 1.29 is 18.3 Å². The van der Waals surface area contributed by atoms with Crippen molar-refractivity contribution in [1.29, 1.82) is 0 Å². The van der Waals surface area contributed by atoms with Gasteiger partial charge < -0.3 is 9.15 Å². The van der Waals surface area contributed by atoms with E-state index in [0.717, 1.165) is 11.6 Å². The summed E-state index contributed by atoms with van der Waals surface area (Å²) in [7, 11) is 0. The van der Waals surface area contributed by atoms with Crippen LogP contribution in [0.5, 0.6) is 5.75 Å². The van der Waals surface area contributed by atoms with Crippen molar-refractivity contribution in [2.45, 2.75) is 13.2 Å². The average Bonchev–Trinajstić information content (AvgIpc) is 3.38. The van der Waals surface area contributed by atoms with Gasteiger partial charge in [-0.1, -0.05) is 41.9 Å². The highest BCUT2D eigenvalue weighted by Gasteiger charge is 2.14. The van der Waals surface area contributed by atoms with Gasteiger partial charge in [-0.25, -0.2) is 14.1 Å². The van der Waals surface area contributed by atoms with E-state index < -0.39 is 11.7 Å². The normalized spacial score (nSPS) is 10.7. The van der Waals surface area contributed by atoms with Crippen LogP contribution in [0.25, 0.3) is 0 Å². The maximum absolute atomic E-state index is 13.1. The monoisotopic (exact) mass is 426 g/mol. The third kappa shape index (κ3) is 4.84. The molecule has 0 aliphatic heterocycles. The van der Waals surface area contributed by atoms with Gasteiger partial charge in [0.15, 0.2) is 5.76 Å². The minimum absolute atomic E-state index is 0.0303. The van der Waals surface area contributed by atoms with Gasteiger partial charge in [-0.15, -0.1) is 5.10 Å². The molecule has 1 amide bonds. The summed E-state index contributed by atoms with van der Waals surface area (Å²) in [5.41, 5.74) is 1.07. The van der Waals surface area contributed by atoms with Crippen LogP contribution in [-0.2, 0) is 13.2 Å². The first-order chi connectivity index (χ1) is 14.6. The number of hydrogen-bond donors (Lipinski definition) is 1. The maximum Gasteiger partial charge on any atom is 0.293 e. The molecule has 7 nitrogen and oxygen atoms in total. The Kier molecular flexibility index (Phi) is 5.76. The molecule has 0 radical (unpaired) electrons. The first-order valence-corrected chi connectivity index (χ1v) is 9.36. The molecule has 152 valence electrons. The minimum atomic E-state index is -0.487. The van der Waals surface area contributed by atoms with Crippen LogP contribution < -0.4 is 10.1 Å². The Morgan fingerprint density at radius 3 is 2.80 bits per heavy atom. The summed E-state index contributed by atoms with van der Waals surface area (Å²) in [6.07, 6.45) is 1.54. The predicted molar refractivity (Wildman–Crippen MR) is 108 cm³/mol. The number of carbonyl (C=O) groups excluding carboxylic acids is 1. The molecule has 0 unspecified atom stereocenters. The van der Waals surface area contributed by atoms with E-state index in [2.05, 4.69) is 15.4 Å². The Hall–Kier alpha value is -3.65. The van der Waals surface area contributed by atoms with Crippen molar-refractivity contribution in [3.63, 3.8) is 0 Å². The highest BCUT2D eigenvalue weighted by molar-refractivity contribution is 6.32. The van der Waals surface area contributed by atoms with Crippen LogP contribution in [0.1, 0.15) is 21.9 Å². The average molecular weight is 427 g/mol. The van der Waals surface area contributed by atoms with Crippen molar-refractivity contribution in [1.82, 2.24) is 14.8 Å². The lowest BCUT2D eigenvalue weighted by Crippen LogP contribution is -2.12. The van der Waals surface area contributed by atoms with Crippen LogP contribution in [-0.4, -0.2) is 20.7 Å². The Labute approximate surface area is 176 Å². The second-order valence-corrected chi connectivity index (χ2v) is 6.74. The third-order valence-corrected chi connectivity index (χ3v) is 4.39. The fourth-order valence-electron chi connectivity index (χ4n) is 2.68. The van der Waals surface area contributed by atoms with E-state index >= 15 is 0 Å². The number of aromatic nitrogens is 3. The molecule has 2 aromatic carbocycles. The topological polar surface area (TPSA) is 82.2 Å². The van der Waals surface area contributed by atoms with Crippen molar-refractivity contribution in [3.05, 3.63) is 94.9 Å². The maximum atomic E-state index is 13.1. The molecule has 0 aliphatic rings. The van der Waals surface area contributed by atoms with Crippen molar-refractivity contribution in [2.75, 3.05) is 5.32 Å². The molecule has 9 heteroatoms.